The molecule has 0 saturated carbocycles. The quantitative estimate of drug-likeness (QED) is 0.455. The summed E-state index contributed by atoms with van der Waals surface area (Å²) >= 11 is 3.29. The number of fused-ring (bicyclic) bond motifs is 1. The zero-order valence-corrected chi connectivity index (χ0v) is 20.1. The molecule has 0 radical (unpaired) electrons. The number of aryl methyl sites for hydroxylation is 1. The minimum Gasteiger partial charge on any atom is -0.363 e. The van der Waals surface area contributed by atoms with E-state index in [1.807, 2.05) is 0 Å². The molecule has 1 N–H and O–H groups in total. The fourth-order valence-corrected chi connectivity index (χ4v) is 3.89. The van der Waals surface area contributed by atoms with Crippen LogP contribution in [0.3, 0.4) is 0 Å². The molecule has 12 heteroatoms. The number of anilines is 1. The van der Waals surface area contributed by atoms with Crippen molar-refractivity contribution in [2.45, 2.75) is 25.8 Å². The van der Waals surface area contributed by atoms with E-state index in [4.69, 9.17) is 0 Å². The number of hydrogen-bond acceptors (Lipinski definition) is 6. The van der Waals surface area contributed by atoms with Gasteiger partial charge in [0.25, 0.3) is 5.92 Å². The van der Waals surface area contributed by atoms with E-state index in [1.165, 1.54) is 12.1 Å². The molecular formula is C20H21BrF3N5O2S. The molecule has 7 nitrogen and oxygen atoms in total. The predicted octanol–water partition coefficient (Wildman–Crippen LogP) is 4.39. The van der Waals surface area contributed by atoms with Gasteiger partial charge in [-0.1, -0.05) is 18.2 Å². The van der Waals surface area contributed by atoms with E-state index < -0.39 is 39.9 Å². The fraction of sp³-hybridized carbons (Fsp3) is 0.350. The van der Waals surface area contributed by atoms with Gasteiger partial charge in [0, 0.05) is 18.0 Å². The molecule has 2 aromatic heterocycles. The first-order chi connectivity index (χ1) is 14.8. The van der Waals surface area contributed by atoms with Crippen LogP contribution in [0, 0.1) is 12.7 Å². The SMILES string of the molecule is Cc1nc(NC(C)c2cccc(C(F)(F)CN(C)S(C)(=O)=O)c2F)c2cc(Br)ncc2n1. The second kappa shape index (κ2) is 8.91. The summed E-state index contributed by atoms with van der Waals surface area (Å²) in [5, 5.41) is 3.69. The summed E-state index contributed by atoms with van der Waals surface area (Å²) in [7, 11) is -2.84. The van der Waals surface area contributed by atoms with Crippen molar-refractivity contribution in [3.63, 3.8) is 0 Å². The van der Waals surface area contributed by atoms with E-state index >= 15 is 4.39 Å². The highest BCUT2D eigenvalue weighted by Gasteiger charge is 2.39. The van der Waals surface area contributed by atoms with Gasteiger partial charge in [-0.3, -0.25) is 0 Å². The summed E-state index contributed by atoms with van der Waals surface area (Å²) in [5.41, 5.74) is -0.323. The summed E-state index contributed by atoms with van der Waals surface area (Å²) in [6.07, 6.45) is 2.37. The zero-order chi connectivity index (χ0) is 23.8. The molecule has 32 heavy (non-hydrogen) atoms. The molecule has 0 fully saturated rings. The third kappa shape index (κ3) is 5.18. The minimum absolute atomic E-state index is 0.0123. The topological polar surface area (TPSA) is 88.1 Å². The van der Waals surface area contributed by atoms with Crippen LogP contribution in [0.15, 0.2) is 35.1 Å². The van der Waals surface area contributed by atoms with Gasteiger partial charge in [-0.25, -0.2) is 27.8 Å². The van der Waals surface area contributed by atoms with Crippen LogP contribution in [-0.4, -0.2) is 47.5 Å². The van der Waals surface area contributed by atoms with Crippen LogP contribution in [-0.2, 0) is 15.9 Å². The number of aromatic nitrogens is 3. The average Bonchev–Trinajstić information content (AvgIpc) is 2.67. The Morgan fingerprint density at radius 1 is 1.28 bits per heavy atom. The lowest BCUT2D eigenvalue weighted by molar-refractivity contribution is -0.0203. The van der Waals surface area contributed by atoms with Gasteiger partial charge in [-0.05, 0) is 35.8 Å². The highest BCUT2D eigenvalue weighted by molar-refractivity contribution is 9.10. The maximum Gasteiger partial charge on any atom is 0.289 e. The van der Waals surface area contributed by atoms with Gasteiger partial charge < -0.3 is 5.32 Å². The molecule has 0 bridgehead atoms. The van der Waals surface area contributed by atoms with Crippen molar-refractivity contribution < 1.29 is 21.6 Å². The smallest absolute Gasteiger partial charge is 0.289 e. The highest BCUT2D eigenvalue weighted by Crippen LogP contribution is 2.35. The molecule has 0 spiro atoms. The fourth-order valence-electron chi connectivity index (χ4n) is 3.16. The van der Waals surface area contributed by atoms with Crippen LogP contribution >= 0.6 is 15.9 Å². The lowest BCUT2D eigenvalue weighted by Crippen LogP contribution is -2.36. The van der Waals surface area contributed by atoms with E-state index in [9.17, 15) is 17.2 Å². The second-order valence-electron chi connectivity index (χ2n) is 7.44. The standard InChI is InChI=1S/C20H21BrF3N5O2S/c1-11(26-19-14-8-17(21)25-9-16(14)27-12(2)28-19)13-6-5-7-15(18(13)22)20(23,24)10-29(3)32(4,30)31/h5-9,11H,10H2,1-4H3,(H,26,27,28). The number of sulfonamides is 1. The van der Waals surface area contributed by atoms with E-state index in [-0.39, 0.29) is 5.56 Å². The Balaban J connectivity index is 1.97. The molecule has 0 aliphatic rings. The average molecular weight is 532 g/mol. The number of nitrogens with one attached hydrogen (secondary N) is 1. The highest BCUT2D eigenvalue weighted by atomic mass is 79.9. The van der Waals surface area contributed by atoms with Crippen molar-refractivity contribution in [2.24, 2.45) is 0 Å². The lowest BCUT2D eigenvalue weighted by Gasteiger charge is -2.25. The van der Waals surface area contributed by atoms with Crippen LogP contribution < -0.4 is 5.32 Å². The van der Waals surface area contributed by atoms with Crippen molar-refractivity contribution in [3.05, 3.63) is 57.8 Å². The summed E-state index contributed by atoms with van der Waals surface area (Å²) in [5.74, 6) is -3.98. The number of hydrogen-bond donors (Lipinski definition) is 1. The number of rotatable bonds is 7. The summed E-state index contributed by atoms with van der Waals surface area (Å²) in [6.45, 7) is 2.13. The van der Waals surface area contributed by atoms with Crippen molar-refractivity contribution in [1.82, 2.24) is 19.3 Å². The van der Waals surface area contributed by atoms with Crippen LogP contribution in [0.4, 0.5) is 19.0 Å². The summed E-state index contributed by atoms with van der Waals surface area (Å²) in [4.78, 5) is 12.8. The third-order valence-electron chi connectivity index (χ3n) is 4.89. The Hall–Kier alpha value is -2.31. The van der Waals surface area contributed by atoms with Crippen molar-refractivity contribution >= 4 is 42.7 Å². The van der Waals surface area contributed by atoms with Crippen LogP contribution in [0.5, 0.6) is 0 Å². The number of alkyl halides is 2. The Bertz CT molecular complexity index is 1270. The van der Waals surface area contributed by atoms with Gasteiger partial charge in [0.15, 0.2) is 0 Å². The van der Waals surface area contributed by atoms with Crippen molar-refractivity contribution in [1.29, 1.82) is 0 Å². The Morgan fingerprint density at radius 2 is 1.97 bits per heavy atom. The predicted molar refractivity (Wildman–Crippen MR) is 120 cm³/mol. The molecule has 3 aromatic rings. The number of likely N-dealkylation sites (N-methyl/N-ethyl adjacent to an activating group) is 1. The normalized spacial score (nSPS) is 13.5. The van der Waals surface area contributed by atoms with E-state index in [2.05, 4.69) is 36.2 Å². The molecule has 0 amide bonds. The van der Waals surface area contributed by atoms with E-state index in [0.717, 1.165) is 19.4 Å². The lowest BCUT2D eigenvalue weighted by atomic mass is 10.00. The number of benzene rings is 1. The maximum absolute atomic E-state index is 15.2. The molecule has 0 aliphatic carbocycles. The van der Waals surface area contributed by atoms with Gasteiger partial charge in [0.1, 0.15) is 22.1 Å². The van der Waals surface area contributed by atoms with Crippen LogP contribution in [0.25, 0.3) is 10.9 Å². The number of halogens is 4. The third-order valence-corrected chi connectivity index (χ3v) is 6.59. The number of nitrogens with zero attached hydrogens (tertiary/aromatic N) is 4. The molecule has 0 aliphatic heterocycles. The van der Waals surface area contributed by atoms with Crippen molar-refractivity contribution in [3.8, 4) is 0 Å². The summed E-state index contributed by atoms with van der Waals surface area (Å²) < 4.78 is 68.8. The molecule has 1 atom stereocenters. The molecule has 172 valence electrons. The largest absolute Gasteiger partial charge is 0.363 e. The summed E-state index contributed by atoms with van der Waals surface area (Å²) in [6, 6.07) is 4.62. The first-order valence-electron chi connectivity index (χ1n) is 9.44. The first kappa shape index (κ1) is 24.3. The van der Waals surface area contributed by atoms with Gasteiger partial charge in [-0.2, -0.15) is 13.1 Å². The van der Waals surface area contributed by atoms with E-state index in [1.54, 1.807) is 26.1 Å². The Morgan fingerprint density at radius 3 is 2.62 bits per heavy atom. The molecular weight excluding hydrogens is 511 g/mol. The molecule has 3 rings (SSSR count). The molecule has 2 heterocycles. The minimum atomic E-state index is -3.86. The molecule has 0 saturated heterocycles. The molecule has 1 unspecified atom stereocenters. The van der Waals surface area contributed by atoms with Crippen LogP contribution in [0.2, 0.25) is 0 Å². The maximum atomic E-state index is 15.2. The van der Waals surface area contributed by atoms with E-state index in [0.29, 0.717) is 31.5 Å². The second-order valence-corrected chi connectivity index (χ2v) is 10.3. The van der Waals surface area contributed by atoms with Gasteiger partial charge in [0.05, 0.1) is 36.1 Å². The number of pyridine rings is 1. The molecule has 1 aromatic carbocycles. The van der Waals surface area contributed by atoms with Gasteiger partial charge in [0.2, 0.25) is 10.0 Å². The monoisotopic (exact) mass is 531 g/mol. The van der Waals surface area contributed by atoms with Crippen LogP contribution in [0.1, 0.15) is 29.9 Å². The zero-order valence-electron chi connectivity index (χ0n) is 17.7. The van der Waals surface area contributed by atoms with Gasteiger partial charge in [-0.15, -0.1) is 0 Å². The van der Waals surface area contributed by atoms with Gasteiger partial charge >= 0.3 is 0 Å². The Kier molecular flexibility index (Phi) is 6.78. The first-order valence-corrected chi connectivity index (χ1v) is 12.1. The Labute approximate surface area is 192 Å². The van der Waals surface area contributed by atoms with Crippen molar-refractivity contribution in [2.75, 3.05) is 25.2 Å².